The van der Waals surface area contributed by atoms with Gasteiger partial charge in [-0.2, -0.15) is 0 Å². The fourth-order valence-corrected chi connectivity index (χ4v) is 6.62. The van der Waals surface area contributed by atoms with E-state index in [1.165, 1.54) is 35.2 Å². The summed E-state index contributed by atoms with van der Waals surface area (Å²) in [5.74, 6) is -0.983. The van der Waals surface area contributed by atoms with Gasteiger partial charge in [0.25, 0.3) is 10.0 Å². The molecule has 0 bridgehead atoms. The van der Waals surface area contributed by atoms with E-state index in [4.69, 9.17) is 46.4 Å². The summed E-state index contributed by atoms with van der Waals surface area (Å²) in [6, 6.07) is 14.4. The van der Waals surface area contributed by atoms with Gasteiger partial charge in [0.2, 0.25) is 11.8 Å². The van der Waals surface area contributed by atoms with Crippen LogP contribution in [0, 0.1) is 6.92 Å². The van der Waals surface area contributed by atoms with E-state index in [-0.39, 0.29) is 45.5 Å². The Labute approximate surface area is 267 Å². The first-order chi connectivity index (χ1) is 19.8. The highest BCUT2D eigenvalue weighted by molar-refractivity contribution is 7.92. The number of nitrogens with zero attached hydrogens (tertiary/aromatic N) is 2. The molecule has 0 radical (unpaired) electrons. The lowest BCUT2D eigenvalue weighted by atomic mass is 10.1. The molecule has 2 atom stereocenters. The number of rotatable bonds is 12. The number of anilines is 1. The summed E-state index contributed by atoms with van der Waals surface area (Å²) in [6.45, 7) is 6.73. The molecule has 7 nitrogen and oxygen atoms in total. The van der Waals surface area contributed by atoms with Crippen molar-refractivity contribution in [3.05, 3.63) is 91.9 Å². The minimum atomic E-state index is -4.27. The second-order valence-corrected chi connectivity index (χ2v) is 13.5. The maximum absolute atomic E-state index is 14.2. The summed E-state index contributed by atoms with van der Waals surface area (Å²) in [6.07, 6.45) is 0.962. The number of nitrogens with one attached hydrogen (secondary N) is 1. The SMILES string of the molecule is CC[C@@H](C)NC(=O)[C@H](CC)N(Cc1ccc(Cl)cc1Cl)C(=O)CN(c1cc(Cl)cc(Cl)c1)S(=O)(=O)c1ccc(C)cc1. The Bertz CT molecular complexity index is 1510. The van der Waals surface area contributed by atoms with Gasteiger partial charge in [-0.1, -0.05) is 84.0 Å². The van der Waals surface area contributed by atoms with E-state index in [1.807, 2.05) is 20.8 Å². The van der Waals surface area contributed by atoms with Crippen molar-refractivity contribution in [1.29, 1.82) is 0 Å². The number of hydrogen-bond acceptors (Lipinski definition) is 4. The molecule has 0 heterocycles. The number of carbonyl (C=O) groups is 2. The molecule has 0 saturated carbocycles. The molecule has 0 fully saturated rings. The van der Waals surface area contributed by atoms with Gasteiger partial charge in [-0.3, -0.25) is 13.9 Å². The molecule has 0 saturated heterocycles. The van der Waals surface area contributed by atoms with Gasteiger partial charge in [0.15, 0.2) is 0 Å². The van der Waals surface area contributed by atoms with Crippen LogP contribution in [-0.2, 0) is 26.2 Å². The molecule has 0 aliphatic heterocycles. The predicted octanol–water partition coefficient (Wildman–Crippen LogP) is 7.53. The van der Waals surface area contributed by atoms with Crippen molar-refractivity contribution in [3.8, 4) is 0 Å². The Morgan fingerprint density at radius 1 is 0.857 bits per heavy atom. The number of aryl methyl sites for hydroxylation is 1. The maximum atomic E-state index is 14.2. The van der Waals surface area contributed by atoms with Crippen LogP contribution in [0.4, 0.5) is 5.69 Å². The van der Waals surface area contributed by atoms with Crippen LogP contribution in [0.25, 0.3) is 0 Å². The molecule has 226 valence electrons. The van der Waals surface area contributed by atoms with Crippen molar-refractivity contribution in [2.75, 3.05) is 10.8 Å². The lowest BCUT2D eigenvalue weighted by Gasteiger charge is -2.34. The van der Waals surface area contributed by atoms with E-state index in [0.717, 1.165) is 9.87 Å². The number of sulfonamides is 1. The van der Waals surface area contributed by atoms with Crippen molar-refractivity contribution < 1.29 is 18.0 Å². The molecule has 1 N–H and O–H groups in total. The zero-order valence-corrected chi connectivity index (χ0v) is 27.5. The molecule has 0 spiro atoms. The van der Waals surface area contributed by atoms with Crippen molar-refractivity contribution in [2.24, 2.45) is 0 Å². The van der Waals surface area contributed by atoms with E-state index < -0.39 is 28.5 Å². The molecule has 0 aliphatic rings. The highest BCUT2D eigenvalue weighted by Crippen LogP contribution is 2.31. The topological polar surface area (TPSA) is 86.8 Å². The molecule has 42 heavy (non-hydrogen) atoms. The summed E-state index contributed by atoms with van der Waals surface area (Å²) in [5, 5.41) is 4.04. The first-order valence-electron chi connectivity index (χ1n) is 13.4. The van der Waals surface area contributed by atoms with Gasteiger partial charge in [0.1, 0.15) is 12.6 Å². The summed E-state index contributed by atoms with van der Waals surface area (Å²) in [4.78, 5) is 28.9. The van der Waals surface area contributed by atoms with Crippen LogP contribution in [-0.4, -0.2) is 43.8 Å². The van der Waals surface area contributed by atoms with Crippen molar-refractivity contribution in [1.82, 2.24) is 10.2 Å². The number of halogens is 4. The average Bonchev–Trinajstić information content (AvgIpc) is 2.92. The maximum Gasteiger partial charge on any atom is 0.264 e. The predicted molar refractivity (Wildman–Crippen MR) is 171 cm³/mol. The van der Waals surface area contributed by atoms with Crippen LogP contribution >= 0.6 is 46.4 Å². The molecule has 0 aliphatic carbocycles. The minimum Gasteiger partial charge on any atom is -0.352 e. The van der Waals surface area contributed by atoms with Gasteiger partial charge in [-0.25, -0.2) is 8.42 Å². The second-order valence-electron chi connectivity index (χ2n) is 9.95. The van der Waals surface area contributed by atoms with Crippen molar-refractivity contribution in [3.63, 3.8) is 0 Å². The lowest BCUT2D eigenvalue weighted by Crippen LogP contribution is -2.53. The highest BCUT2D eigenvalue weighted by atomic mass is 35.5. The fraction of sp³-hybridized carbons (Fsp3) is 0.333. The zero-order chi connectivity index (χ0) is 31.2. The molecule has 0 unspecified atom stereocenters. The van der Waals surface area contributed by atoms with E-state index in [1.54, 1.807) is 37.3 Å². The summed E-state index contributed by atoms with van der Waals surface area (Å²) in [5.41, 5.74) is 1.51. The van der Waals surface area contributed by atoms with E-state index >= 15 is 0 Å². The fourth-order valence-electron chi connectivity index (χ4n) is 4.24. The first kappa shape index (κ1) is 34.0. The van der Waals surface area contributed by atoms with Crippen LogP contribution in [0.15, 0.2) is 65.6 Å². The second kappa shape index (κ2) is 14.8. The number of carbonyl (C=O) groups excluding carboxylic acids is 2. The largest absolute Gasteiger partial charge is 0.352 e. The molecule has 0 aromatic heterocycles. The summed E-state index contributed by atoms with van der Waals surface area (Å²) >= 11 is 25.0. The van der Waals surface area contributed by atoms with Gasteiger partial charge in [0.05, 0.1) is 10.6 Å². The number of amides is 2. The normalized spacial score (nSPS) is 12.9. The van der Waals surface area contributed by atoms with Crippen LogP contribution in [0.1, 0.15) is 44.7 Å². The van der Waals surface area contributed by atoms with Gasteiger partial charge in [0, 0.05) is 32.7 Å². The third-order valence-electron chi connectivity index (χ3n) is 6.77. The molecule has 3 rings (SSSR count). The Kier molecular flexibility index (Phi) is 12.0. The quantitative estimate of drug-likeness (QED) is 0.216. The van der Waals surface area contributed by atoms with E-state index in [2.05, 4.69) is 5.32 Å². The van der Waals surface area contributed by atoms with Crippen molar-refractivity contribution in [2.45, 2.75) is 64.1 Å². The van der Waals surface area contributed by atoms with E-state index in [9.17, 15) is 18.0 Å². The first-order valence-corrected chi connectivity index (χ1v) is 16.3. The third-order valence-corrected chi connectivity index (χ3v) is 9.58. The molecule has 3 aromatic carbocycles. The lowest BCUT2D eigenvalue weighted by molar-refractivity contribution is -0.140. The standard InChI is InChI=1S/C30H33Cl4N3O4S/c1-5-20(4)35-30(39)28(6-2)36(17-21-9-10-22(31)16-27(21)34)29(38)18-37(25-14-23(32)13-24(33)15-25)42(40,41)26-11-7-19(3)8-12-26/h7-16,20,28H,5-6,17-18H2,1-4H3,(H,35,39)/t20-,28+/m1/s1. The Hall–Kier alpha value is -2.49. The molecule has 3 aromatic rings. The Morgan fingerprint density at radius 2 is 1.48 bits per heavy atom. The van der Waals surface area contributed by atoms with Crippen LogP contribution in [0.2, 0.25) is 20.1 Å². The van der Waals surface area contributed by atoms with Gasteiger partial charge in [-0.15, -0.1) is 0 Å². The number of benzene rings is 3. The average molecular weight is 673 g/mol. The summed E-state index contributed by atoms with van der Waals surface area (Å²) in [7, 11) is -4.27. The third kappa shape index (κ3) is 8.54. The highest BCUT2D eigenvalue weighted by Gasteiger charge is 2.34. The van der Waals surface area contributed by atoms with Crippen LogP contribution in [0.3, 0.4) is 0 Å². The molecular weight excluding hydrogens is 640 g/mol. The molecule has 2 amide bonds. The van der Waals surface area contributed by atoms with Gasteiger partial charge >= 0.3 is 0 Å². The minimum absolute atomic E-state index is 0.0224. The zero-order valence-electron chi connectivity index (χ0n) is 23.7. The number of hydrogen-bond donors (Lipinski definition) is 1. The van der Waals surface area contributed by atoms with Crippen LogP contribution < -0.4 is 9.62 Å². The Morgan fingerprint density at radius 3 is 2.02 bits per heavy atom. The Balaban J connectivity index is 2.12. The summed E-state index contributed by atoms with van der Waals surface area (Å²) < 4.78 is 28.9. The van der Waals surface area contributed by atoms with E-state index in [0.29, 0.717) is 22.0 Å². The van der Waals surface area contributed by atoms with Crippen LogP contribution in [0.5, 0.6) is 0 Å². The van der Waals surface area contributed by atoms with Crippen molar-refractivity contribution >= 4 is 73.9 Å². The van der Waals surface area contributed by atoms with Gasteiger partial charge < -0.3 is 10.2 Å². The molecular formula is C30H33Cl4N3O4S. The smallest absolute Gasteiger partial charge is 0.264 e. The monoisotopic (exact) mass is 671 g/mol. The van der Waals surface area contributed by atoms with Gasteiger partial charge in [-0.05, 0) is 74.7 Å². The molecule has 12 heteroatoms.